The van der Waals surface area contributed by atoms with Gasteiger partial charge in [0.15, 0.2) is 0 Å². The van der Waals surface area contributed by atoms with Crippen LogP contribution in [0.4, 0.5) is 17.1 Å². The molecule has 0 saturated heterocycles. The maximum atomic E-state index is 12.5. The zero-order valence-corrected chi connectivity index (χ0v) is 15.7. The monoisotopic (exact) mass is 361 g/mol. The van der Waals surface area contributed by atoms with Gasteiger partial charge in [0.05, 0.1) is 12.8 Å². The van der Waals surface area contributed by atoms with Crippen molar-refractivity contribution in [3.63, 3.8) is 0 Å². The minimum atomic E-state index is -0.251. The molecule has 0 atom stereocenters. The molecule has 2 N–H and O–H groups in total. The highest BCUT2D eigenvalue weighted by Crippen LogP contribution is 2.28. The van der Waals surface area contributed by atoms with E-state index in [4.69, 9.17) is 4.74 Å². The number of rotatable bonds is 6. The Morgan fingerprint density at radius 1 is 1.04 bits per heavy atom. The van der Waals surface area contributed by atoms with Gasteiger partial charge >= 0.3 is 0 Å². The molecule has 1 aromatic heterocycles. The van der Waals surface area contributed by atoms with Gasteiger partial charge in [0.2, 0.25) is 0 Å². The number of nitrogens with one attached hydrogen (secondary N) is 2. The fraction of sp³-hybridized carbons (Fsp3) is 0.182. The number of aryl methyl sites for hydroxylation is 2. The number of benzene rings is 2. The average Bonchev–Trinajstić information content (AvgIpc) is 2.69. The van der Waals surface area contributed by atoms with E-state index in [1.54, 1.807) is 19.4 Å². The summed E-state index contributed by atoms with van der Waals surface area (Å²) in [7, 11) is 1.63. The van der Waals surface area contributed by atoms with Crippen molar-refractivity contribution in [2.45, 2.75) is 20.3 Å². The van der Waals surface area contributed by atoms with E-state index in [9.17, 15) is 4.79 Å². The third kappa shape index (κ3) is 4.64. The van der Waals surface area contributed by atoms with E-state index in [0.717, 1.165) is 34.8 Å². The average molecular weight is 361 g/mol. The van der Waals surface area contributed by atoms with Crippen LogP contribution in [0, 0.1) is 6.92 Å². The number of anilines is 3. The molecule has 0 radical (unpaired) electrons. The molecule has 0 unspecified atom stereocenters. The molecule has 0 saturated carbocycles. The minimum Gasteiger partial charge on any atom is -0.495 e. The van der Waals surface area contributed by atoms with Crippen molar-refractivity contribution < 1.29 is 9.53 Å². The van der Waals surface area contributed by atoms with Crippen molar-refractivity contribution in [3.8, 4) is 5.75 Å². The number of hydrogen-bond acceptors (Lipinski definition) is 4. The van der Waals surface area contributed by atoms with Crippen LogP contribution in [-0.2, 0) is 6.42 Å². The van der Waals surface area contributed by atoms with Gasteiger partial charge in [-0.05, 0) is 60.9 Å². The lowest BCUT2D eigenvalue weighted by Crippen LogP contribution is -2.13. The maximum absolute atomic E-state index is 12.5. The van der Waals surface area contributed by atoms with Crippen LogP contribution in [0.3, 0.4) is 0 Å². The molecule has 0 fully saturated rings. The van der Waals surface area contributed by atoms with E-state index in [-0.39, 0.29) is 5.91 Å². The summed E-state index contributed by atoms with van der Waals surface area (Å²) < 4.78 is 5.39. The van der Waals surface area contributed by atoms with Crippen molar-refractivity contribution in [1.82, 2.24) is 4.98 Å². The number of amides is 1. The fourth-order valence-corrected chi connectivity index (χ4v) is 2.73. The number of carbonyl (C=O) groups is 1. The molecule has 2 aromatic carbocycles. The van der Waals surface area contributed by atoms with Gasteiger partial charge < -0.3 is 15.4 Å². The summed E-state index contributed by atoms with van der Waals surface area (Å²) in [6.45, 7) is 4.11. The van der Waals surface area contributed by atoms with Crippen LogP contribution in [0.25, 0.3) is 0 Å². The standard InChI is InChI=1S/C22H23N3O2/c1-4-16-6-8-17(9-7-16)25-22(26)20-14-18(11-12-23-20)24-19-13-15(2)5-10-21(19)27-3/h5-14H,4H2,1-3H3,(H,23,24)(H,25,26). The minimum absolute atomic E-state index is 0.251. The number of carbonyl (C=O) groups excluding carboxylic acids is 1. The van der Waals surface area contributed by atoms with E-state index in [0.29, 0.717) is 5.69 Å². The number of aromatic nitrogens is 1. The van der Waals surface area contributed by atoms with Gasteiger partial charge in [0, 0.05) is 17.6 Å². The molecule has 1 amide bonds. The molecule has 0 aliphatic heterocycles. The maximum Gasteiger partial charge on any atom is 0.274 e. The Labute approximate surface area is 159 Å². The molecule has 3 rings (SSSR count). The van der Waals surface area contributed by atoms with Gasteiger partial charge in [-0.1, -0.05) is 25.1 Å². The van der Waals surface area contributed by atoms with Crippen molar-refractivity contribution >= 4 is 23.0 Å². The van der Waals surface area contributed by atoms with Gasteiger partial charge in [0.1, 0.15) is 11.4 Å². The van der Waals surface area contributed by atoms with Crippen molar-refractivity contribution in [2.75, 3.05) is 17.7 Å². The number of hydrogen-bond donors (Lipinski definition) is 2. The topological polar surface area (TPSA) is 63.2 Å². The van der Waals surface area contributed by atoms with Gasteiger partial charge in [-0.2, -0.15) is 0 Å². The molecule has 3 aromatic rings. The van der Waals surface area contributed by atoms with Crippen LogP contribution < -0.4 is 15.4 Å². The summed E-state index contributed by atoms with van der Waals surface area (Å²) in [5.41, 5.74) is 5.03. The zero-order chi connectivity index (χ0) is 19.2. The van der Waals surface area contributed by atoms with Crippen LogP contribution in [0.1, 0.15) is 28.5 Å². The Balaban J connectivity index is 1.76. The first-order valence-corrected chi connectivity index (χ1v) is 8.87. The van der Waals surface area contributed by atoms with E-state index < -0.39 is 0 Å². The summed E-state index contributed by atoms with van der Waals surface area (Å²) in [5.74, 6) is 0.485. The van der Waals surface area contributed by atoms with E-state index in [1.165, 1.54) is 5.56 Å². The molecular weight excluding hydrogens is 338 g/mol. The Kier molecular flexibility index (Phi) is 5.71. The lowest BCUT2D eigenvalue weighted by atomic mass is 10.1. The van der Waals surface area contributed by atoms with Crippen LogP contribution in [0.5, 0.6) is 5.75 Å². The first kappa shape index (κ1) is 18.5. The molecule has 0 aliphatic carbocycles. The molecule has 0 spiro atoms. The van der Waals surface area contributed by atoms with Crippen molar-refractivity contribution in [1.29, 1.82) is 0 Å². The normalized spacial score (nSPS) is 10.3. The largest absolute Gasteiger partial charge is 0.495 e. The number of ether oxygens (including phenoxy) is 1. The first-order chi connectivity index (χ1) is 13.1. The Morgan fingerprint density at radius 2 is 1.81 bits per heavy atom. The number of methoxy groups -OCH3 is 1. The smallest absolute Gasteiger partial charge is 0.274 e. The first-order valence-electron chi connectivity index (χ1n) is 8.87. The number of pyridine rings is 1. The lowest BCUT2D eigenvalue weighted by molar-refractivity contribution is 0.102. The van der Waals surface area contributed by atoms with Gasteiger partial charge in [-0.25, -0.2) is 0 Å². The van der Waals surface area contributed by atoms with Crippen LogP contribution >= 0.6 is 0 Å². The molecule has 1 heterocycles. The van der Waals surface area contributed by atoms with Gasteiger partial charge in [-0.3, -0.25) is 9.78 Å². The molecule has 27 heavy (non-hydrogen) atoms. The second kappa shape index (κ2) is 8.36. The van der Waals surface area contributed by atoms with Crippen molar-refractivity contribution in [2.24, 2.45) is 0 Å². The molecule has 0 aliphatic rings. The zero-order valence-electron chi connectivity index (χ0n) is 15.7. The second-order valence-corrected chi connectivity index (χ2v) is 6.26. The van der Waals surface area contributed by atoms with E-state index in [1.807, 2.05) is 55.5 Å². The lowest BCUT2D eigenvalue weighted by Gasteiger charge is -2.13. The predicted octanol–water partition coefficient (Wildman–Crippen LogP) is 4.96. The quantitative estimate of drug-likeness (QED) is 0.651. The SMILES string of the molecule is CCc1ccc(NC(=O)c2cc(Nc3cc(C)ccc3OC)ccn2)cc1. The molecule has 5 nitrogen and oxygen atoms in total. The highest BCUT2D eigenvalue weighted by atomic mass is 16.5. The Morgan fingerprint density at radius 3 is 2.52 bits per heavy atom. The number of nitrogens with zero attached hydrogens (tertiary/aromatic N) is 1. The van der Waals surface area contributed by atoms with Crippen molar-refractivity contribution in [3.05, 3.63) is 77.6 Å². The molecule has 5 heteroatoms. The summed E-state index contributed by atoms with van der Waals surface area (Å²) >= 11 is 0. The van der Waals surface area contributed by atoms with Gasteiger partial charge in [-0.15, -0.1) is 0 Å². The summed E-state index contributed by atoms with van der Waals surface area (Å²) in [5, 5.41) is 6.17. The highest BCUT2D eigenvalue weighted by Gasteiger charge is 2.10. The molecule has 138 valence electrons. The van der Waals surface area contributed by atoms with Crippen LogP contribution in [0.15, 0.2) is 60.8 Å². The summed E-state index contributed by atoms with van der Waals surface area (Å²) in [6.07, 6.45) is 2.58. The summed E-state index contributed by atoms with van der Waals surface area (Å²) in [4.78, 5) is 16.7. The molecule has 0 bridgehead atoms. The fourth-order valence-electron chi connectivity index (χ4n) is 2.73. The third-order valence-corrected chi connectivity index (χ3v) is 4.25. The second-order valence-electron chi connectivity index (χ2n) is 6.26. The third-order valence-electron chi connectivity index (χ3n) is 4.25. The Hall–Kier alpha value is -3.34. The summed E-state index contributed by atoms with van der Waals surface area (Å²) in [6, 6.07) is 17.2. The van der Waals surface area contributed by atoms with Crippen LogP contribution in [0.2, 0.25) is 0 Å². The van der Waals surface area contributed by atoms with E-state index in [2.05, 4.69) is 22.5 Å². The Bertz CT molecular complexity index is 937. The van der Waals surface area contributed by atoms with Gasteiger partial charge in [0.25, 0.3) is 5.91 Å². The van der Waals surface area contributed by atoms with E-state index >= 15 is 0 Å². The predicted molar refractivity (Wildman–Crippen MR) is 109 cm³/mol. The van der Waals surface area contributed by atoms with Crippen LogP contribution in [-0.4, -0.2) is 18.0 Å². The molecular formula is C22H23N3O2. The highest BCUT2D eigenvalue weighted by molar-refractivity contribution is 6.03.